The van der Waals surface area contributed by atoms with E-state index in [4.69, 9.17) is 0 Å². The van der Waals surface area contributed by atoms with Gasteiger partial charge in [0.05, 0.1) is 6.04 Å². The fraction of sp³-hybridized carbons (Fsp3) is 0.385. The zero-order chi connectivity index (χ0) is 14.0. The summed E-state index contributed by atoms with van der Waals surface area (Å²) in [5.41, 5.74) is 0.658. The van der Waals surface area contributed by atoms with Crippen molar-refractivity contribution in [2.45, 2.75) is 32.9 Å². The highest BCUT2D eigenvalue weighted by atomic mass is 79.9. The fourth-order valence-electron chi connectivity index (χ4n) is 1.84. The van der Waals surface area contributed by atoms with E-state index in [2.05, 4.69) is 26.2 Å². The minimum absolute atomic E-state index is 0.0814. The molecule has 2 aromatic rings. The molecule has 0 saturated heterocycles. The fourth-order valence-corrected chi connectivity index (χ4v) is 2.92. The van der Waals surface area contributed by atoms with E-state index in [0.29, 0.717) is 5.69 Å². The van der Waals surface area contributed by atoms with Gasteiger partial charge in [0.25, 0.3) is 5.91 Å². The van der Waals surface area contributed by atoms with Crippen LogP contribution in [0.4, 0.5) is 0 Å². The number of hydrogen-bond acceptors (Lipinski definition) is 3. The van der Waals surface area contributed by atoms with Crippen LogP contribution in [-0.2, 0) is 0 Å². The molecule has 4 nitrogen and oxygen atoms in total. The summed E-state index contributed by atoms with van der Waals surface area (Å²) in [5, 5.41) is 5.79. The van der Waals surface area contributed by atoms with E-state index in [-0.39, 0.29) is 18.0 Å². The van der Waals surface area contributed by atoms with Crippen molar-refractivity contribution < 1.29 is 4.79 Å². The van der Waals surface area contributed by atoms with Gasteiger partial charge >= 0.3 is 0 Å². The molecule has 0 aromatic carbocycles. The molecule has 0 aliphatic heterocycles. The molecule has 19 heavy (non-hydrogen) atoms. The summed E-state index contributed by atoms with van der Waals surface area (Å²) in [6.45, 7) is 6.04. The lowest BCUT2D eigenvalue weighted by Crippen LogP contribution is -2.28. The summed E-state index contributed by atoms with van der Waals surface area (Å²) < 4.78 is 2.86. The first-order valence-corrected chi connectivity index (χ1v) is 7.74. The van der Waals surface area contributed by atoms with Gasteiger partial charge in [-0.2, -0.15) is 0 Å². The van der Waals surface area contributed by atoms with E-state index in [0.717, 1.165) is 9.48 Å². The van der Waals surface area contributed by atoms with Crippen molar-refractivity contribution in [2.75, 3.05) is 0 Å². The second-order valence-corrected chi connectivity index (χ2v) is 6.45. The molecule has 1 amide bonds. The lowest BCUT2D eigenvalue weighted by atomic mass is 10.3. The molecular weight excluding hydrogens is 326 g/mol. The smallest absolute Gasteiger partial charge is 0.268 e. The van der Waals surface area contributed by atoms with Crippen LogP contribution in [0.5, 0.6) is 0 Å². The quantitative estimate of drug-likeness (QED) is 0.919. The molecule has 2 rings (SSSR count). The lowest BCUT2D eigenvalue weighted by molar-refractivity contribution is 0.0929. The highest BCUT2D eigenvalue weighted by Gasteiger charge is 2.18. The Labute approximate surface area is 125 Å². The summed E-state index contributed by atoms with van der Waals surface area (Å²) in [7, 11) is 0. The zero-order valence-electron chi connectivity index (χ0n) is 11.1. The van der Waals surface area contributed by atoms with E-state index in [9.17, 15) is 4.79 Å². The third-order valence-corrected chi connectivity index (χ3v) is 4.17. The number of hydrogen-bond donors (Lipinski definition) is 1. The van der Waals surface area contributed by atoms with Crippen LogP contribution in [0.3, 0.4) is 0 Å². The number of aromatic nitrogens is 2. The monoisotopic (exact) mass is 341 g/mol. The first-order chi connectivity index (χ1) is 8.99. The second kappa shape index (κ2) is 5.88. The van der Waals surface area contributed by atoms with Crippen LogP contribution in [0.25, 0.3) is 0 Å². The molecule has 1 N–H and O–H groups in total. The van der Waals surface area contributed by atoms with Gasteiger partial charge in [-0.3, -0.25) is 4.79 Å². The maximum absolute atomic E-state index is 12.3. The van der Waals surface area contributed by atoms with E-state index in [1.54, 1.807) is 17.5 Å². The Balaban J connectivity index is 2.16. The van der Waals surface area contributed by atoms with Crippen molar-refractivity contribution in [3.8, 4) is 0 Å². The molecule has 0 radical (unpaired) electrons. The van der Waals surface area contributed by atoms with Crippen LogP contribution in [-0.4, -0.2) is 15.5 Å². The average Bonchev–Trinajstić information content (AvgIpc) is 2.96. The van der Waals surface area contributed by atoms with Crippen molar-refractivity contribution in [3.05, 3.63) is 39.0 Å². The van der Waals surface area contributed by atoms with Crippen molar-refractivity contribution >= 4 is 33.2 Å². The summed E-state index contributed by atoms with van der Waals surface area (Å²) in [5.74, 6) is -0.0814. The number of nitrogens with one attached hydrogen (secondary N) is 1. The second-order valence-electron chi connectivity index (χ2n) is 4.61. The Morgan fingerprint density at radius 2 is 2.21 bits per heavy atom. The summed E-state index contributed by atoms with van der Waals surface area (Å²) in [6, 6.07) is 1.99. The normalized spacial score (nSPS) is 12.7. The number of carbonyl (C=O) groups is 1. The molecule has 0 bridgehead atoms. The molecule has 1 unspecified atom stereocenters. The van der Waals surface area contributed by atoms with E-state index < -0.39 is 0 Å². The first kappa shape index (κ1) is 14.3. The maximum Gasteiger partial charge on any atom is 0.268 e. The Hall–Kier alpha value is -1.14. The minimum atomic E-state index is -0.0817. The molecule has 0 aliphatic rings. The predicted molar refractivity (Wildman–Crippen MR) is 80.5 cm³/mol. The highest BCUT2D eigenvalue weighted by Crippen LogP contribution is 2.21. The highest BCUT2D eigenvalue weighted by molar-refractivity contribution is 9.10. The third-order valence-electron chi connectivity index (χ3n) is 2.77. The van der Waals surface area contributed by atoms with Gasteiger partial charge in [0, 0.05) is 28.3 Å². The largest absolute Gasteiger partial charge is 0.342 e. The summed E-state index contributed by atoms with van der Waals surface area (Å²) in [4.78, 5) is 16.5. The van der Waals surface area contributed by atoms with E-state index >= 15 is 0 Å². The molecule has 2 aromatic heterocycles. The number of halogens is 1. The van der Waals surface area contributed by atoms with Crippen LogP contribution in [0.1, 0.15) is 48.4 Å². The standard InChI is InChI=1S/C13H16BrN3OS/c1-8(2)17-7-10(14)6-11(17)12(18)16-9(3)13-15-4-5-19-13/h4-9H,1-3H3,(H,16,18). The van der Waals surface area contributed by atoms with E-state index in [1.807, 2.05) is 43.0 Å². The van der Waals surface area contributed by atoms with Gasteiger partial charge in [0.1, 0.15) is 10.7 Å². The van der Waals surface area contributed by atoms with Gasteiger partial charge in [-0.15, -0.1) is 11.3 Å². The lowest BCUT2D eigenvalue weighted by Gasteiger charge is -2.15. The maximum atomic E-state index is 12.3. The number of amides is 1. The minimum Gasteiger partial charge on any atom is -0.342 e. The van der Waals surface area contributed by atoms with Gasteiger partial charge in [-0.25, -0.2) is 4.98 Å². The first-order valence-electron chi connectivity index (χ1n) is 6.06. The van der Waals surface area contributed by atoms with Gasteiger partial charge in [-0.05, 0) is 42.8 Å². The molecule has 6 heteroatoms. The molecule has 0 fully saturated rings. The Bertz CT molecular complexity index is 562. The molecule has 102 valence electrons. The number of thiazole rings is 1. The topological polar surface area (TPSA) is 46.9 Å². The van der Waals surface area contributed by atoms with Gasteiger partial charge in [-0.1, -0.05) is 0 Å². The molecule has 0 spiro atoms. The van der Waals surface area contributed by atoms with Gasteiger partial charge in [0.15, 0.2) is 0 Å². The number of carbonyl (C=O) groups excluding carboxylic acids is 1. The van der Waals surface area contributed by atoms with Crippen molar-refractivity contribution in [1.29, 1.82) is 0 Å². The van der Waals surface area contributed by atoms with Crippen LogP contribution < -0.4 is 5.32 Å². The van der Waals surface area contributed by atoms with Crippen LogP contribution in [0.2, 0.25) is 0 Å². The van der Waals surface area contributed by atoms with Crippen LogP contribution >= 0.6 is 27.3 Å². The third kappa shape index (κ3) is 3.25. The molecule has 2 heterocycles. The SMILES string of the molecule is CC(NC(=O)c1cc(Br)cn1C(C)C)c1nccs1. The zero-order valence-corrected chi connectivity index (χ0v) is 13.5. The van der Waals surface area contributed by atoms with Crippen molar-refractivity contribution in [1.82, 2.24) is 14.9 Å². The average molecular weight is 342 g/mol. The van der Waals surface area contributed by atoms with Gasteiger partial charge < -0.3 is 9.88 Å². The predicted octanol–water partition coefficient (Wildman–Crippen LogP) is 3.78. The summed E-state index contributed by atoms with van der Waals surface area (Å²) >= 11 is 4.96. The number of rotatable bonds is 4. The van der Waals surface area contributed by atoms with Crippen LogP contribution in [0, 0.1) is 0 Å². The van der Waals surface area contributed by atoms with Crippen molar-refractivity contribution in [2.24, 2.45) is 0 Å². The van der Waals surface area contributed by atoms with Gasteiger partial charge in [0.2, 0.25) is 0 Å². The van der Waals surface area contributed by atoms with Crippen molar-refractivity contribution in [3.63, 3.8) is 0 Å². The summed E-state index contributed by atoms with van der Waals surface area (Å²) in [6.07, 6.45) is 3.67. The molecule has 0 saturated carbocycles. The Morgan fingerprint density at radius 3 is 2.79 bits per heavy atom. The van der Waals surface area contributed by atoms with Crippen LogP contribution in [0.15, 0.2) is 28.3 Å². The van der Waals surface area contributed by atoms with E-state index in [1.165, 1.54) is 0 Å². The molecular formula is C13H16BrN3OS. The Kier molecular flexibility index (Phi) is 4.42. The number of nitrogens with zero attached hydrogens (tertiary/aromatic N) is 2. The molecule has 1 atom stereocenters. The Morgan fingerprint density at radius 1 is 1.47 bits per heavy atom. The molecule has 0 aliphatic carbocycles.